The van der Waals surface area contributed by atoms with Crippen molar-refractivity contribution in [3.63, 3.8) is 0 Å². The number of carbonyl (C=O) groups excluding carboxylic acids is 1. The third kappa shape index (κ3) is 6.08. The van der Waals surface area contributed by atoms with Gasteiger partial charge in [0.1, 0.15) is 5.60 Å². The summed E-state index contributed by atoms with van der Waals surface area (Å²) in [6.07, 6.45) is 3.96. The summed E-state index contributed by atoms with van der Waals surface area (Å²) >= 11 is 0. The largest absolute Gasteiger partial charge is 0.456 e. The van der Waals surface area contributed by atoms with Crippen LogP contribution in [-0.4, -0.2) is 61.9 Å². The average molecular weight is 556 g/mol. The minimum Gasteiger partial charge on any atom is -0.456 e. The number of hydrogen-bond donors (Lipinski definition) is 0. The lowest BCUT2D eigenvalue weighted by Gasteiger charge is -2.41. The van der Waals surface area contributed by atoms with Gasteiger partial charge in [-0.15, -0.1) is 0 Å². The van der Waals surface area contributed by atoms with Crippen molar-refractivity contribution >= 4 is 22.9 Å². The molecule has 41 heavy (non-hydrogen) atoms. The fraction of sp³-hybridized carbons (Fsp3) is 0.543. The van der Waals surface area contributed by atoms with Crippen LogP contribution in [0.25, 0.3) is 10.4 Å². The maximum atomic E-state index is 13.7. The molecule has 2 fully saturated rings. The van der Waals surface area contributed by atoms with E-state index in [1.54, 1.807) is 6.07 Å². The SMILES string of the molecule is [C-]#[N+]c1ccc2c(c1)CC(C(C)(C)c1ccc(CC)c(N3CCC(N4CCOCC4)CC3)c1)=C2C(=O)OC(C)(C)C. The number of morpholine rings is 1. The van der Waals surface area contributed by atoms with Crippen LogP contribution in [0.3, 0.4) is 0 Å². The van der Waals surface area contributed by atoms with Gasteiger partial charge in [-0.25, -0.2) is 9.64 Å². The highest BCUT2D eigenvalue weighted by atomic mass is 16.6. The van der Waals surface area contributed by atoms with Gasteiger partial charge in [0.2, 0.25) is 0 Å². The Kier molecular flexibility index (Phi) is 8.32. The quantitative estimate of drug-likeness (QED) is 0.292. The standard InChI is InChI=1S/C35H45N3O3/c1-8-24-9-10-26(23-31(24)38-15-13-28(14-16-38)37-17-19-40-20-18-37)35(5,6)30-22-25-21-27(36-7)11-12-29(25)32(30)33(39)41-34(2,3)4/h9-12,21,23,28H,8,13-20,22H2,1-6H3. The van der Waals surface area contributed by atoms with Crippen LogP contribution in [0.5, 0.6) is 0 Å². The molecular formula is C35H45N3O3. The van der Waals surface area contributed by atoms with Crippen LogP contribution in [0, 0.1) is 6.57 Å². The second kappa shape index (κ2) is 11.6. The minimum atomic E-state index is -0.595. The minimum absolute atomic E-state index is 0.287. The fourth-order valence-electron chi connectivity index (χ4n) is 6.71. The lowest BCUT2D eigenvalue weighted by molar-refractivity contribution is -0.147. The van der Waals surface area contributed by atoms with Crippen LogP contribution in [-0.2, 0) is 32.5 Å². The second-order valence-electron chi connectivity index (χ2n) is 13.2. The summed E-state index contributed by atoms with van der Waals surface area (Å²) in [5.74, 6) is -0.287. The van der Waals surface area contributed by atoms with E-state index in [0.717, 1.165) is 62.5 Å². The van der Waals surface area contributed by atoms with Gasteiger partial charge in [-0.3, -0.25) is 4.90 Å². The van der Waals surface area contributed by atoms with Gasteiger partial charge in [-0.2, -0.15) is 0 Å². The van der Waals surface area contributed by atoms with Crippen molar-refractivity contribution in [2.24, 2.45) is 0 Å². The number of esters is 1. The number of anilines is 1. The molecule has 0 N–H and O–H groups in total. The molecular weight excluding hydrogens is 510 g/mol. The number of allylic oxidation sites excluding steroid dienone is 1. The Labute approximate surface area is 246 Å². The number of hydrogen-bond acceptors (Lipinski definition) is 5. The van der Waals surface area contributed by atoms with Gasteiger partial charge in [0.25, 0.3) is 0 Å². The van der Waals surface area contributed by atoms with Gasteiger partial charge in [0, 0.05) is 43.3 Å². The molecule has 2 saturated heterocycles. The molecule has 0 spiro atoms. The van der Waals surface area contributed by atoms with Crippen LogP contribution in [0.1, 0.15) is 76.6 Å². The van der Waals surface area contributed by atoms with E-state index < -0.39 is 11.0 Å². The molecule has 0 bridgehead atoms. The van der Waals surface area contributed by atoms with Gasteiger partial charge >= 0.3 is 5.97 Å². The number of benzene rings is 2. The Bertz CT molecular complexity index is 1360. The maximum Gasteiger partial charge on any atom is 0.339 e. The summed E-state index contributed by atoms with van der Waals surface area (Å²) in [6, 6.07) is 13.2. The molecule has 2 aromatic carbocycles. The molecule has 0 atom stereocenters. The van der Waals surface area contributed by atoms with Gasteiger partial charge in [-0.1, -0.05) is 51.1 Å². The lowest BCUT2D eigenvalue weighted by Crippen LogP contribution is -2.49. The van der Waals surface area contributed by atoms with Crippen molar-refractivity contribution in [3.05, 3.63) is 75.6 Å². The summed E-state index contributed by atoms with van der Waals surface area (Å²) in [7, 11) is 0. The van der Waals surface area contributed by atoms with E-state index in [-0.39, 0.29) is 5.97 Å². The van der Waals surface area contributed by atoms with Gasteiger partial charge < -0.3 is 14.4 Å². The zero-order valence-electron chi connectivity index (χ0n) is 25.7. The molecule has 0 aromatic heterocycles. The smallest absolute Gasteiger partial charge is 0.339 e. The van der Waals surface area contributed by atoms with E-state index in [4.69, 9.17) is 16.0 Å². The predicted octanol–water partition coefficient (Wildman–Crippen LogP) is 6.73. The van der Waals surface area contributed by atoms with E-state index in [0.29, 0.717) is 23.7 Å². The second-order valence-corrected chi connectivity index (χ2v) is 13.2. The number of fused-ring (bicyclic) bond motifs is 1. The van der Waals surface area contributed by atoms with Gasteiger partial charge in [0.15, 0.2) is 5.69 Å². The molecule has 5 rings (SSSR count). The van der Waals surface area contributed by atoms with Crippen molar-refractivity contribution < 1.29 is 14.3 Å². The van der Waals surface area contributed by atoms with Crippen molar-refractivity contribution in [1.82, 2.24) is 4.90 Å². The number of ether oxygens (including phenoxy) is 2. The van der Waals surface area contributed by atoms with Gasteiger partial charge in [0.05, 0.1) is 25.4 Å². The first-order valence-corrected chi connectivity index (χ1v) is 15.2. The van der Waals surface area contributed by atoms with E-state index >= 15 is 0 Å². The number of rotatable bonds is 6. The molecule has 0 saturated carbocycles. The van der Waals surface area contributed by atoms with E-state index in [9.17, 15) is 4.79 Å². The number of nitrogens with zero attached hydrogens (tertiary/aromatic N) is 3. The molecule has 1 aliphatic carbocycles. The predicted molar refractivity (Wildman–Crippen MR) is 166 cm³/mol. The van der Waals surface area contributed by atoms with E-state index in [2.05, 4.69) is 53.6 Å². The first-order chi connectivity index (χ1) is 19.5. The first-order valence-electron chi connectivity index (χ1n) is 15.2. The van der Waals surface area contributed by atoms with Crippen molar-refractivity contribution in [1.29, 1.82) is 0 Å². The molecule has 2 aliphatic heterocycles. The Morgan fingerprint density at radius 1 is 1.02 bits per heavy atom. The first kappa shape index (κ1) is 29.4. The normalized spacial score (nSPS) is 18.8. The third-order valence-corrected chi connectivity index (χ3v) is 9.07. The van der Waals surface area contributed by atoms with Crippen LogP contribution < -0.4 is 4.90 Å². The summed E-state index contributed by atoms with van der Waals surface area (Å²) < 4.78 is 11.5. The number of piperidine rings is 1. The summed E-state index contributed by atoms with van der Waals surface area (Å²) in [4.78, 5) is 22.5. The third-order valence-electron chi connectivity index (χ3n) is 9.07. The molecule has 2 aromatic rings. The highest BCUT2D eigenvalue weighted by molar-refractivity contribution is 6.20. The Morgan fingerprint density at radius 2 is 1.73 bits per heavy atom. The highest BCUT2D eigenvalue weighted by Crippen LogP contribution is 2.46. The molecule has 3 aliphatic rings. The monoisotopic (exact) mass is 555 g/mol. The molecule has 0 unspecified atom stereocenters. The van der Waals surface area contributed by atoms with Crippen molar-refractivity contribution in [3.8, 4) is 0 Å². The van der Waals surface area contributed by atoms with Crippen molar-refractivity contribution in [2.45, 2.75) is 84.3 Å². The number of carbonyl (C=O) groups is 1. The summed E-state index contributed by atoms with van der Waals surface area (Å²) in [6.45, 7) is 25.8. The summed E-state index contributed by atoms with van der Waals surface area (Å²) in [5.41, 5.74) is 7.13. The molecule has 0 amide bonds. The van der Waals surface area contributed by atoms with Crippen LogP contribution >= 0.6 is 0 Å². The molecule has 0 radical (unpaired) electrons. The lowest BCUT2D eigenvalue weighted by atomic mass is 9.75. The van der Waals surface area contributed by atoms with E-state index in [1.165, 1.54) is 29.7 Å². The average Bonchev–Trinajstić information content (AvgIpc) is 3.36. The van der Waals surface area contributed by atoms with E-state index in [1.807, 2.05) is 32.9 Å². The molecule has 6 heteroatoms. The maximum absolute atomic E-state index is 13.7. The molecule has 218 valence electrons. The Hall–Kier alpha value is -3.14. The Morgan fingerprint density at radius 3 is 2.37 bits per heavy atom. The molecule has 6 nitrogen and oxygen atoms in total. The summed E-state index contributed by atoms with van der Waals surface area (Å²) in [5, 5.41) is 0. The topological polar surface area (TPSA) is 46.4 Å². The number of aryl methyl sites for hydroxylation is 1. The zero-order chi connectivity index (χ0) is 29.4. The molecule has 2 heterocycles. The van der Waals surface area contributed by atoms with Crippen LogP contribution in [0.2, 0.25) is 0 Å². The van der Waals surface area contributed by atoms with Crippen LogP contribution in [0.15, 0.2) is 42.0 Å². The highest BCUT2D eigenvalue weighted by Gasteiger charge is 2.38. The fourth-order valence-corrected chi connectivity index (χ4v) is 6.71. The van der Waals surface area contributed by atoms with Crippen LogP contribution in [0.4, 0.5) is 11.4 Å². The zero-order valence-corrected chi connectivity index (χ0v) is 25.7. The Balaban J connectivity index is 1.48. The van der Waals surface area contributed by atoms with Crippen molar-refractivity contribution in [2.75, 3.05) is 44.3 Å². The van der Waals surface area contributed by atoms with Gasteiger partial charge in [-0.05, 0) is 80.3 Å².